The lowest BCUT2D eigenvalue weighted by atomic mass is 9.94. The van der Waals surface area contributed by atoms with Gasteiger partial charge in [0.2, 0.25) is 0 Å². The van der Waals surface area contributed by atoms with Crippen molar-refractivity contribution < 1.29 is 14.7 Å². The van der Waals surface area contributed by atoms with Crippen LogP contribution < -0.4 is 0 Å². The molecule has 1 N–H and O–H groups in total. The Morgan fingerprint density at radius 2 is 2.20 bits per heavy atom. The van der Waals surface area contributed by atoms with Gasteiger partial charge in [-0.05, 0) is 17.2 Å². The summed E-state index contributed by atoms with van der Waals surface area (Å²) in [5.74, 6) is 0.639. The average molecular weight is 200 g/mol. The molecule has 2 rings (SSSR count). The largest absolute Gasteiger partial charge is 0.481 e. The summed E-state index contributed by atoms with van der Waals surface area (Å²) in [7, 11) is 0. The van der Waals surface area contributed by atoms with Crippen molar-refractivity contribution >= 4 is 11.8 Å². The lowest BCUT2D eigenvalue weighted by molar-refractivity contribution is -0.140. The van der Waals surface area contributed by atoms with E-state index in [1.54, 1.807) is 18.2 Å². The highest BCUT2D eigenvalue weighted by atomic mass is 16.4. The topological polar surface area (TPSA) is 54.4 Å². The zero-order valence-corrected chi connectivity index (χ0v) is 7.86. The highest BCUT2D eigenvalue weighted by Gasteiger charge is 2.34. The zero-order chi connectivity index (χ0) is 11.0. The number of carbonyl (C=O) groups excluding carboxylic acids is 1. The van der Waals surface area contributed by atoms with Crippen LogP contribution in [0.2, 0.25) is 0 Å². The molecule has 1 atom stereocenters. The number of carboxylic acids is 1. The second-order valence-corrected chi connectivity index (χ2v) is 3.46. The maximum absolute atomic E-state index is 11.6. The number of ketones is 1. The molecular formula is C12H8O3. The Bertz CT molecular complexity index is 483. The number of aliphatic carboxylic acids is 1. The van der Waals surface area contributed by atoms with E-state index in [4.69, 9.17) is 11.5 Å². The van der Waals surface area contributed by atoms with Crippen molar-refractivity contribution in [2.45, 2.75) is 6.42 Å². The van der Waals surface area contributed by atoms with E-state index in [-0.39, 0.29) is 5.78 Å². The van der Waals surface area contributed by atoms with Crippen LogP contribution in [0.4, 0.5) is 0 Å². The molecule has 2 bridgehead atoms. The predicted molar refractivity (Wildman–Crippen MR) is 53.8 cm³/mol. The maximum atomic E-state index is 11.6. The number of hydrogen-bond acceptors (Lipinski definition) is 2. The van der Waals surface area contributed by atoms with Crippen LogP contribution in [0, 0.1) is 18.3 Å². The number of rotatable bonds is 3. The van der Waals surface area contributed by atoms with Crippen LogP contribution in [-0.4, -0.2) is 16.9 Å². The molecule has 3 nitrogen and oxygen atoms in total. The lowest BCUT2D eigenvalue weighted by Crippen LogP contribution is -2.17. The van der Waals surface area contributed by atoms with E-state index in [0.717, 1.165) is 11.1 Å². The van der Waals surface area contributed by atoms with Crippen molar-refractivity contribution in [2.24, 2.45) is 5.92 Å². The minimum atomic E-state index is -1.10. The molecule has 0 saturated heterocycles. The number of terminal acetylenes is 1. The van der Waals surface area contributed by atoms with Crippen LogP contribution in [0.1, 0.15) is 6.42 Å². The molecule has 0 heterocycles. The average Bonchev–Trinajstić information content (AvgIpc) is 2.72. The fourth-order valence-corrected chi connectivity index (χ4v) is 1.92. The molecule has 0 aromatic carbocycles. The van der Waals surface area contributed by atoms with Crippen molar-refractivity contribution in [3.8, 4) is 12.3 Å². The van der Waals surface area contributed by atoms with Gasteiger partial charge in [0, 0.05) is 5.57 Å². The van der Waals surface area contributed by atoms with Crippen LogP contribution in [0.3, 0.4) is 0 Å². The summed E-state index contributed by atoms with van der Waals surface area (Å²) in [6.07, 6.45) is 10.2. The smallest absolute Gasteiger partial charge is 0.310 e. The molecule has 0 fully saturated rings. The standard InChI is InChI=1S/C12H8O3/c1-2-7-5-8-3-4-9(7)12(8)10(13)6-11(14)15/h1,3-5,12H,6H2,(H,14,15). The summed E-state index contributed by atoms with van der Waals surface area (Å²) in [6.45, 7) is 0. The molecule has 0 radical (unpaired) electrons. The number of carbonyl (C=O) groups is 2. The molecule has 2 aliphatic rings. The minimum Gasteiger partial charge on any atom is -0.481 e. The number of fused-ring (bicyclic) bond motifs is 2. The Morgan fingerprint density at radius 1 is 1.47 bits per heavy atom. The maximum Gasteiger partial charge on any atom is 0.310 e. The summed E-state index contributed by atoms with van der Waals surface area (Å²) < 4.78 is 0. The molecule has 0 aliphatic heterocycles. The molecule has 2 aliphatic carbocycles. The van der Waals surface area contributed by atoms with Gasteiger partial charge < -0.3 is 5.11 Å². The van der Waals surface area contributed by atoms with Gasteiger partial charge in [-0.15, -0.1) is 6.42 Å². The van der Waals surface area contributed by atoms with E-state index < -0.39 is 18.3 Å². The van der Waals surface area contributed by atoms with Gasteiger partial charge in [-0.1, -0.05) is 18.1 Å². The van der Waals surface area contributed by atoms with Crippen molar-refractivity contribution in [1.82, 2.24) is 0 Å². The number of hydrogen-bond donors (Lipinski definition) is 1. The van der Waals surface area contributed by atoms with E-state index in [2.05, 4.69) is 5.92 Å². The Hall–Kier alpha value is -2.08. The Morgan fingerprint density at radius 3 is 2.73 bits per heavy atom. The van der Waals surface area contributed by atoms with Crippen LogP contribution >= 0.6 is 0 Å². The molecule has 0 aromatic heterocycles. The summed E-state index contributed by atoms with van der Waals surface area (Å²) in [4.78, 5) is 22.0. The van der Waals surface area contributed by atoms with Crippen LogP contribution in [0.25, 0.3) is 0 Å². The first-order chi connectivity index (χ1) is 7.13. The molecule has 15 heavy (non-hydrogen) atoms. The summed E-state index contributed by atoms with van der Waals surface area (Å²) in [5, 5.41) is 8.54. The van der Waals surface area contributed by atoms with E-state index in [0.29, 0.717) is 5.57 Å². The Labute approximate surface area is 86.8 Å². The van der Waals surface area contributed by atoms with Crippen molar-refractivity contribution in [2.75, 3.05) is 0 Å². The summed E-state index contributed by atoms with van der Waals surface area (Å²) >= 11 is 0. The molecular weight excluding hydrogens is 192 g/mol. The van der Waals surface area contributed by atoms with Crippen molar-refractivity contribution in [1.29, 1.82) is 0 Å². The first-order valence-electron chi connectivity index (χ1n) is 4.48. The third-order valence-corrected chi connectivity index (χ3v) is 2.52. The van der Waals surface area contributed by atoms with Crippen molar-refractivity contribution in [3.63, 3.8) is 0 Å². The van der Waals surface area contributed by atoms with Gasteiger partial charge in [-0.2, -0.15) is 0 Å². The van der Waals surface area contributed by atoms with Crippen LogP contribution in [-0.2, 0) is 9.59 Å². The minimum absolute atomic E-state index is 0.306. The van der Waals surface area contributed by atoms with Gasteiger partial charge in [0.1, 0.15) is 6.42 Å². The SMILES string of the molecule is C#CC1=C2C=CC(=C1)C2C(=O)CC(=O)O. The van der Waals surface area contributed by atoms with Gasteiger partial charge in [-0.25, -0.2) is 0 Å². The predicted octanol–water partition coefficient (Wildman–Crippen LogP) is 1.09. The highest BCUT2D eigenvalue weighted by Crippen LogP contribution is 2.39. The van der Waals surface area contributed by atoms with Gasteiger partial charge >= 0.3 is 5.97 Å². The molecule has 1 unspecified atom stereocenters. The number of Topliss-reactive ketones (excluding diaryl/α,β-unsaturated/α-hetero) is 1. The third-order valence-electron chi connectivity index (χ3n) is 2.52. The quantitative estimate of drug-likeness (QED) is 0.548. The fourth-order valence-electron chi connectivity index (χ4n) is 1.92. The molecule has 0 aromatic rings. The van der Waals surface area contributed by atoms with Crippen LogP contribution in [0.5, 0.6) is 0 Å². The molecule has 0 saturated carbocycles. The van der Waals surface area contributed by atoms with Crippen LogP contribution in [0.15, 0.2) is 34.9 Å². The zero-order valence-electron chi connectivity index (χ0n) is 7.86. The summed E-state index contributed by atoms with van der Waals surface area (Å²) in [5.41, 5.74) is 2.26. The van der Waals surface area contributed by atoms with Gasteiger partial charge in [0.15, 0.2) is 5.78 Å². The third kappa shape index (κ3) is 1.40. The number of carboxylic acid groups (broad SMARTS) is 1. The first-order valence-corrected chi connectivity index (χ1v) is 4.48. The second-order valence-electron chi connectivity index (χ2n) is 3.46. The first kappa shape index (κ1) is 9.47. The van der Waals surface area contributed by atoms with E-state index in [1.165, 1.54) is 0 Å². The van der Waals surface area contributed by atoms with Gasteiger partial charge in [-0.3, -0.25) is 9.59 Å². The Balaban J connectivity index is 2.27. The normalized spacial score (nSPS) is 21.5. The van der Waals surface area contributed by atoms with Crippen molar-refractivity contribution in [3.05, 3.63) is 34.9 Å². The van der Waals surface area contributed by atoms with E-state index >= 15 is 0 Å². The molecule has 3 heteroatoms. The van der Waals surface area contributed by atoms with Gasteiger partial charge in [0.25, 0.3) is 0 Å². The fraction of sp³-hybridized carbons (Fsp3) is 0.167. The second kappa shape index (κ2) is 3.25. The van der Waals surface area contributed by atoms with E-state index in [9.17, 15) is 9.59 Å². The molecule has 0 amide bonds. The Kier molecular flexibility index (Phi) is 2.05. The lowest BCUT2D eigenvalue weighted by Gasteiger charge is -2.06. The highest BCUT2D eigenvalue weighted by molar-refractivity contribution is 6.01. The number of allylic oxidation sites excluding steroid dienone is 6. The van der Waals surface area contributed by atoms with E-state index in [1.807, 2.05) is 0 Å². The molecule has 74 valence electrons. The monoisotopic (exact) mass is 200 g/mol. The summed E-state index contributed by atoms with van der Waals surface area (Å²) in [6, 6.07) is 0. The van der Waals surface area contributed by atoms with Gasteiger partial charge in [0.05, 0.1) is 5.92 Å². The molecule has 0 spiro atoms.